The first kappa shape index (κ1) is 17.2. The number of carbonyl (C=O) groups is 1. The number of hydrogen-bond acceptors (Lipinski definition) is 5. The van der Waals surface area contributed by atoms with E-state index >= 15 is 0 Å². The molecule has 7 heteroatoms. The van der Waals surface area contributed by atoms with E-state index in [9.17, 15) is 4.79 Å². The predicted octanol–water partition coefficient (Wildman–Crippen LogP) is 1.21. The highest BCUT2D eigenvalue weighted by Crippen LogP contribution is 2.47. The van der Waals surface area contributed by atoms with Crippen molar-refractivity contribution >= 4 is 6.03 Å². The molecule has 0 unspecified atom stereocenters. The second-order valence-electron chi connectivity index (χ2n) is 7.32. The van der Waals surface area contributed by atoms with Gasteiger partial charge < -0.3 is 24.6 Å². The Bertz CT molecular complexity index is 566. The average molecular weight is 337 g/mol. The molecule has 1 aliphatic carbocycles. The van der Waals surface area contributed by atoms with E-state index in [1.54, 1.807) is 0 Å². The lowest BCUT2D eigenvalue weighted by molar-refractivity contribution is 0.0101. The molecule has 1 aromatic rings. The summed E-state index contributed by atoms with van der Waals surface area (Å²) in [6.07, 6.45) is 2.29. The van der Waals surface area contributed by atoms with Gasteiger partial charge in [0.25, 0.3) is 0 Å². The van der Waals surface area contributed by atoms with Crippen LogP contribution >= 0.6 is 0 Å². The van der Waals surface area contributed by atoms with E-state index in [0.717, 1.165) is 24.3 Å². The van der Waals surface area contributed by atoms with Crippen LogP contribution in [-0.4, -0.2) is 60.1 Å². The SMILES string of the molecule is CC1(C)[C@H](Cc2cc(CCO)on2)C[C@@H]1NC(=O)N1CCOCC1. The van der Waals surface area contributed by atoms with Crippen molar-refractivity contribution in [2.24, 2.45) is 11.3 Å². The Kier molecular flexibility index (Phi) is 5.10. The molecule has 1 saturated carbocycles. The van der Waals surface area contributed by atoms with Crippen molar-refractivity contribution in [1.29, 1.82) is 0 Å². The zero-order valence-corrected chi connectivity index (χ0v) is 14.5. The fourth-order valence-electron chi connectivity index (χ4n) is 3.55. The number of aliphatic hydroxyl groups is 1. The zero-order chi connectivity index (χ0) is 17.2. The maximum absolute atomic E-state index is 12.3. The van der Waals surface area contributed by atoms with Crippen LogP contribution in [0.5, 0.6) is 0 Å². The van der Waals surface area contributed by atoms with Gasteiger partial charge in [0.1, 0.15) is 5.76 Å². The second kappa shape index (κ2) is 7.11. The Morgan fingerprint density at radius 1 is 1.46 bits per heavy atom. The van der Waals surface area contributed by atoms with Gasteiger partial charge in [-0.3, -0.25) is 0 Å². The number of hydrogen-bond donors (Lipinski definition) is 2. The van der Waals surface area contributed by atoms with Gasteiger partial charge in [0.2, 0.25) is 0 Å². The van der Waals surface area contributed by atoms with Crippen molar-refractivity contribution in [3.63, 3.8) is 0 Å². The molecule has 2 fully saturated rings. The average Bonchev–Trinajstić information content (AvgIpc) is 3.02. The third kappa shape index (κ3) is 3.57. The first-order valence-corrected chi connectivity index (χ1v) is 8.69. The largest absolute Gasteiger partial charge is 0.396 e. The number of rotatable bonds is 5. The van der Waals surface area contributed by atoms with Gasteiger partial charge in [0, 0.05) is 31.6 Å². The summed E-state index contributed by atoms with van der Waals surface area (Å²) in [4.78, 5) is 14.2. The lowest BCUT2D eigenvalue weighted by atomic mass is 9.57. The molecule has 2 atom stereocenters. The van der Waals surface area contributed by atoms with Crippen LogP contribution in [0, 0.1) is 11.3 Å². The Morgan fingerprint density at radius 2 is 2.21 bits per heavy atom. The number of nitrogens with one attached hydrogen (secondary N) is 1. The van der Waals surface area contributed by atoms with Crippen molar-refractivity contribution in [2.75, 3.05) is 32.9 Å². The monoisotopic (exact) mass is 337 g/mol. The van der Waals surface area contributed by atoms with Crippen molar-refractivity contribution in [2.45, 2.75) is 39.2 Å². The second-order valence-corrected chi connectivity index (χ2v) is 7.32. The first-order valence-electron chi connectivity index (χ1n) is 8.69. The molecule has 0 radical (unpaired) electrons. The molecule has 7 nitrogen and oxygen atoms in total. The number of aromatic nitrogens is 1. The Hall–Kier alpha value is -1.60. The van der Waals surface area contributed by atoms with E-state index < -0.39 is 0 Å². The number of ether oxygens (including phenoxy) is 1. The molecule has 1 saturated heterocycles. The number of carbonyl (C=O) groups excluding carboxylic acids is 1. The Labute approximate surface area is 142 Å². The smallest absolute Gasteiger partial charge is 0.317 e. The number of amides is 2. The molecule has 1 aromatic heterocycles. The molecule has 1 aliphatic heterocycles. The van der Waals surface area contributed by atoms with E-state index in [2.05, 4.69) is 24.3 Å². The lowest BCUT2D eigenvalue weighted by Crippen LogP contribution is -2.61. The highest BCUT2D eigenvalue weighted by molar-refractivity contribution is 5.74. The molecule has 134 valence electrons. The van der Waals surface area contributed by atoms with Crippen molar-refractivity contribution in [3.05, 3.63) is 17.5 Å². The molecule has 2 heterocycles. The molecule has 3 rings (SSSR count). The summed E-state index contributed by atoms with van der Waals surface area (Å²) in [6.45, 7) is 7.02. The molecule has 0 aromatic carbocycles. The van der Waals surface area contributed by atoms with Crippen LogP contribution in [0.25, 0.3) is 0 Å². The molecular weight excluding hydrogens is 310 g/mol. The number of urea groups is 1. The standard InChI is InChI=1S/C17H27N3O4/c1-17(2)12(9-13-11-14(3-6-21)24-19-13)10-15(17)18-16(22)20-4-7-23-8-5-20/h11-12,15,21H,3-10H2,1-2H3,(H,18,22)/t12-,15+/m1/s1. The molecule has 2 N–H and O–H groups in total. The Balaban J connectivity index is 1.51. The van der Waals surface area contributed by atoms with Gasteiger partial charge in [-0.25, -0.2) is 4.79 Å². The highest BCUT2D eigenvalue weighted by Gasteiger charge is 2.49. The zero-order valence-electron chi connectivity index (χ0n) is 14.5. The molecule has 2 amide bonds. The normalized spacial score (nSPS) is 26.0. The maximum atomic E-state index is 12.3. The number of morpholine rings is 1. The van der Waals surface area contributed by atoms with Gasteiger partial charge >= 0.3 is 6.03 Å². The van der Waals surface area contributed by atoms with Crippen LogP contribution in [0.4, 0.5) is 4.79 Å². The lowest BCUT2D eigenvalue weighted by Gasteiger charge is -2.52. The predicted molar refractivity (Wildman–Crippen MR) is 87.6 cm³/mol. The first-order chi connectivity index (χ1) is 11.5. The van der Waals surface area contributed by atoms with Crippen molar-refractivity contribution in [3.8, 4) is 0 Å². The minimum Gasteiger partial charge on any atom is -0.396 e. The topological polar surface area (TPSA) is 87.8 Å². The van der Waals surface area contributed by atoms with Gasteiger partial charge in [-0.05, 0) is 24.2 Å². The maximum Gasteiger partial charge on any atom is 0.317 e. The summed E-state index contributed by atoms with van der Waals surface area (Å²) in [5.41, 5.74) is 0.951. The fraction of sp³-hybridized carbons (Fsp3) is 0.765. The summed E-state index contributed by atoms with van der Waals surface area (Å²) in [7, 11) is 0. The highest BCUT2D eigenvalue weighted by atomic mass is 16.5. The number of aliphatic hydroxyl groups excluding tert-OH is 1. The van der Waals surface area contributed by atoms with Gasteiger partial charge in [0.05, 0.1) is 25.5 Å². The molecular formula is C17H27N3O4. The van der Waals surface area contributed by atoms with Crippen LogP contribution in [0.15, 0.2) is 10.6 Å². The minimum absolute atomic E-state index is 0.0153. The minimum atomic E-state index is 0.0153. The van der Waals surface area contributed by atoms with Gasteiger partial charge in [-0.1, -0.05) is 19.0 Å². The third-order valence-corrected chi connectivity index (χ3v) is 5.49. The number of nitrogens with zero attached hydrogens (tertiary/aromatic N) is 2. The third-order valence-electron chi connectivity index (χ3n) is 5.49. The van der Waals surface area contributed by atoms with Crippen LogP contribution in [-0.2, 0) is 17.6 Å². The van der Waals surface area contributed by atoms with Crippen LogP contribution < -0.4 is 5.32 Å². The van der Waals surface area contributed by atoms with E-state index in [0.29, 0.717) is 38.6 Å². The van der Waals surface area contributed by atoms with E-state index in [1.807, 2.05) is 11.0 Å². The van der Waals surface area contributed by atoms with Crippen LogP contribution in [0.1, 0.15) is 31.7 Å². The molecule has 24 heavy (non-hydrogen) atoms. The molecule has 2 aliphatic rings. The van der Waals surface area contributed by atoms with Crippen LogP contribution in [0.3, 0.4) is 0 Å². The molecule has 0 bridgehead atoms. The summed E-state index contributed by atoms with van der Waals surface area (Å²) in [5.74, 6) is 1.18. The van der Waals surface area contributed by atoms with Crippen molar-refractivity contribution < 1.29 is 19.2 Å². The van der Waals surface area contributed by atoms with Gasteiger partial charge in [0.15, 0.2) is 0 Å². The molecule has 0 spiro atoms. The van der Waals surface area contributed by atoms with Gasteiger partial charge in [-0.15, -0.1) is 0 Å². The van der Waals surface area contributed by atoms with Crippen molar-refractivity contribution in [1.82, 2.24) is 15.4 Å². The quantitative estimate of drug-likeness (QED) is 0.843. The van der Waals surface area contributed by atoms with Gasteiger partial charge in [-0.2, -0.15) is 0 Å². The van der Waals surface area contributed by atoms with E-state index in [4.69, 9.17) is 14.4 Å². The summed E-state index contributed by atoms with van der Waals surface area (Å²) >= 11 is 0. The Morgan fingerprint density at radius 3 is 2.88 bits per heavy atom. The van der Waals surface area contributed by atoms with Crippen LogP contribution in [0.2, 0.25) is 0 Å². The fourth-order valence-corrected chi connectivity index (χ4v) is 3.55. The summed E-state index contributed by atoms with van der Waals surface area (Å²) in [5, 5.41) is 16.2. The van der Waals surface area contributed by atoms with E-state index in [-0.39, 0.29) is 24.1 Å². The summed E-state index contributed by atoms with van der Waals surface area (Å²) in [6, 6.07) is 2.12. The summed E-state index contributed by atoms with van der Waals surface area (Å²) < 4.78 is 10.5. The van der Waals surface area contributed by atoms with E-state index in [1.165, 1.54) is 0 Å².